The number of rotatable bonds is 2. The maximum atomic E-state index is 4.30. The third-order valence-corrected chi connectivity index (χ3v) is 2.12. The van der Waals surface area contributed by atoms with E-state index in [1.807, 2.05) is 18.4 Å². The van der Waals surface area contributed by atoms with Crippen LogP contribution in [0.4, 0.5) is 0 Å². The van der Waals surface area contributed by atoms with Gasteiger partial charge in [-0.25, -0.2) is 4.99 Å². The van der Waals surface area contributed by atoms with E-state index < -0.39 is 0 Å². The van der Waals surface area contributed by atoms with Crippen LogP contribution in [0.2, 0.25) is 0 Å². The van der Waals surface area contributed by atoms with Crippen LogP contribution in [0.5, 0.6) is 0 Å². The van der Waals surface area contributed by atoms with Crippen molar-refractivity contribution in [2.75, 3.05) is 0 Å². The lowest BCUT2D eigenvalue weighted by Gasteiger charge is -2.32. The fraction of sp³-hybridized carbons (Fsp3) is 0.308. The molecule has 0 aliphatic carbocycles. The van der Waals surface area contributed by atoms with E-state index in [2.05, 4.69) is 43.8 Å². The molecule has 1 heterocycles. The van der Waals surface area contributed by atoms with Gasteiger partial charge in [0.25, 0.3) is 0 Å². The van der Waals surface area contributed by atoms with Crippen molar-refractivity contribution in [1.82, 2.24) is 4.90 Å². The predicted molar refractivity (Wildman–Crippen MR) is 66.6 cm³/mol. The molecule has 0 radical (unpaired) electrons. The highest BCUT2D eigenvalue weighted by Gasteiger charge is 2.27. The standard InChI is InChI=1S/C13H18N2/c1-6-8-11-9-10-15(13(3,4)5)12(11)14-7-2/h6-10H,1-2H2,3-5H3/b11-8-,14-12+. The molecule has 0 aromatic heterocycles. The summed E-state index contributed by atoms with van der Waals surface area (Å²) in [6.45, 7) is 13.8. The van der Waals surface area contributed by atoms with Gasteiger partial charge in [-0.05, 0) is 26.8 Å². The Morgan fingerprint density at radius 2 is 2.00 bits per heavy atom. The summed E-state index contributed by atoms with van der Waals surface area (Å²) < 4.78 is 0. The highest BCUT2D eigenvalue weighted by molar-refractivity contribution is 6.04. The van der Waals surface area contributed by atoms with Gasteiger partial charge in [0.1, 0.15) is 5.84 Å². The molecule has 15 heavy (non-hydrogen) atoms. The van der Waals surface area contributed by atoms with Crippen LogP contribution in [0.15, 0.2) is 54.4 Å². The van der Waals surface area contributed by atoms with Crippen molar-refractivity contribution in [3.63, 3.8) is 0 Å². The predicted octanol–water partition coefficient (Wildman–Crippen LogP) is 3.27. The maximum absolute atomic E-state index is 4.30. The summed E-state index contributed by atoms with van der Waals surface area (Å²) in [6.07, 6.45) is 9.36. The first-order chi connectivity index (χ1) is 7.00. The number of amidine groups is 1. The number of allylic oxidation sites excluding steroid dienone is 2. The van der Waals surface area contributed by atoms with Crippen molar-refractivity contribution in [2.24, 2.45) is 4.99 Å². The molecule has 0 saturated heterocycles. The normalized spacial score (nSPS) is 21.4. The molecule has 0 N–H and O–H groups in total. The zero-order valence-electron chi connectivity index (χ0n) is 9.70. The molecule has 1 aliphatic heterocycles. The van der Waals surface area contributed by atoms with Gasteiger partial charge in [0.05, 0.1) is 0 Å². The quantitative estimate of drug-likeness (QED) is 0.671. The van der Waals surface area contributed by atoms with E-state index in [-0.39, 0.29) is 5.54 Å². The van der Waals surface area contributed by atoms with Gasteiger partial charge in [-0.1, -0.05) is 25.3 Å². The first-order valence-electron chi connectivity index (χ1n) is 5.00. The van der Waals surface area contributed by atoms with Gasteiger partial charge in [-0.2, -0.15) is 0 Å². The van der Waals surface area contributed by atoms with E-state index in [9.17, 15) is 0 Å². The average molecular weight is 202 g/mol. The van der Waals surface area contributed by atoms with E-state index in [1.54, 1.807) is 12.3 Å². The van der Waals surface area contributed by atoms with Crippen LogP contribution in [-0.2, 0) is 0 Å². The Labute approximate surface area is 92.0 Å². The van der Waals surface area contributed by atoms with Crippen molar-refractivity contribution < 1.29 is 0 Å². The smallest absolute Gasteiger partial charge is 0.140 e. The Hall–Kier alpha value is -1.57. The third kappa shape index (κ3) is 2.46. The lowest BCUT2D eigenvalue weighted by molar-refractivity contribution is 0.317. The van der Waals surface area contributed by atoms with Gasteiger partial charge in [0, 0.05) is 23.5 Å². The van der Waals surface area contributed by atoms with E-state index in [4.69, 9.17) is 0 Å². The molecule has 2 nitrogen and oxygen atoms in total. The summed E-state index contributed by atoms with van der Waals surface area (Å²) in [5.41, 5.74) is 1.09. The first-order valence-corrected chi connectivity index (χ1v) is 5.00. The summed E-state index contributed by atoms with van der Waals surface area (Å²) in [7, 11) is 0. The second kappa shape index (κ2) is 4.30. The van der Waals surface area contributed by atoms with Crippen molar-refractivity contribution >= 4 is 5.84 Å². The molecule has 80 valence electrons. The average Bonchev–Trinajstić information content (AvgIpc) is 2.49. The Morgan fingerprint density at radius 1 is 1.33 bits per heavy atom. The Bertz CT molecular complexity index is 351. The van der Waals surface area contributed by atoms with Gasteiger partial charge in [-0.3, -0.25) is 0 Å². The molecule has 0 atom stereocenters. The number of hydrogen-bond acceptors (Lipinski definition) is 1. The molecule has 0 saturated carbocycles. The van der Waals surface area contributed by atoms with Crippen LogP contribution in [0.25, 0.3) is 0 Å². The van der Waals surface area contributed by atoms with Gasteiger partial charge in [-0.15, -0.1) is 0 Å². The molecule has 0 unspecified atom stereocenters. The molecular weight excluding hydrogens is 184 g/mol. The fourth-order valence-electron chi connectivity index (χ4n) is 1.46. The summed E-state index contributed by atoms with van der Waals surface area (Å²) in [5, 5.41) is 0. The van der Waals surface area contributed by atoms with Gasteiger partial charge in [0.2, 0.25) is 0 Å². The number of nitrogens with zero attached hydrogens (tertiary/aromatic N) is 2. The second-order valence-electron chi connectivity index (χ2n) is 4.35. The van der Waals surface area contributed by atoms with Crippen molar-refractivity contribution in [1.29, 1.82) is 0 Å². The molecule has 1 rings (SSSR count). The van der Waals surface area contributed by atoms with E-state index >= 15 is 0 Å². The molecule has 0 fully saturated rings. The van der Waals surface area contributed by atoms with Crippen LogP contribution in [0.3, 0.4) is 0 Å². The Kier molecular flexibility index (Phi) is 3.30. The van der Waals surface area contributed by atoms with Crippen LogP contribution in [0.1, 0.15) is 20.8 Å². The summed E-state index contributed by atoms with van der Waals surface area (Å²) >= 11 is 0. The minimum Gasteiger partial charge on any atom is -0.327 e. The Balaban J connectivity index is 3.11. The summed E-state index contributed by atoms with van der Waals surface area (Å²) in [6, 6.07) is 0. The first kappa shape index (κ1) is 11.5. The van der Waals surface area contributed by atoms with Gasteiger partial charge in [0.15, 0.2) is 0 Å². The molecule has 2 heteroatoms. The van der Waals surface area contributed by atoms with Crippen molar-refractivity contribution in [3.05, 3.63) is 49.4 Å². The molecule has 0 spiro atoms. The van der Waals surface area contributed by atoms with Crippen LogP contribution in [-0.4, -0.2) is 16.3 Å². The monoisotopic (exact) mass is 202 g/mol. The number of aliphatic imine (C=N–C) groups is 1. The van der Waals surface area contributed by atoms with E-state index in [1.165, 1.54) is 0 Å². The van der Waals surface area contributed by atoms with E-state index in [0.717, 1.165) is 11.4 Å². The fourth-order valence-corrected chi connectivity index (χ4v) is 1.46. The lowest BCUT2D eigenvalue weighted by atomic mass is 10.1. The molecular formula is C13H18N2. The van der Waals surface area contributed by atoms with Crippen molar-refractivity contribution in [3.8, 4) is 0 Å². The highest BCUT2D eigenvalue weighted by Crippen LogP contribution is 2.24. The molecule has 0 amide bonds. The maximum Gasteiger partial charge on any atom is 0.140 e. The van der Waals surface area contributed by atoms with Crippen molar-refractivity contribution in [2.45, 2.75) is 26.3 Å². The highest BCUT2D eigenvalue weighted by atomic mass is 15.2. The van der Waals surface area contributed by atoms with Crippen LogP contribution >= 0.6 is 0 Å². The second-order valence-corrected chi connectivity index (χ2v) is 4.35. The zero-order valence-corrected chi connectivity index (χ0v) is 9.70. The third-order valence-electron chi connectivity index (χ3n) is 2.12. The number of hydrogen-bond donors (Lipinski definition) is 0. The lowest BCUT2D eigenvalue weighted by Crippen LogP contribution is -2.39. The largest absolute Gasteiger partial charge is 0.327 e. The van der Waals surface area contributed by atoms with Gasteiger partial charge < -0.3 is 4.90 Å². The topological polar surface area (TPSA) is 15.6 Å². The Morgan fingerprint density at radius 3 is 2.47 bits per heavy atom. The zero-order chi connectivity index (χ0) is 11.5. The summed E-state index contributed by atoms with van der Waals surface area (Å²) in [4.78, 5) is 6.43. The molecule has 0 aromatic rings. The van der Waals surface area contributed by atoms with Gasteiger partial charge >= 0.3 is 0 Å². The molecule has 0 aromatic carbocycles. The minimum absolute atomic E-state index is 0.0229. The van der Waals surface area contributed by atoms with E-state index in [0.29, 0.717) is 0 Å². The van der Waals surface area contributed by atoms with Crippen LogP contribution in [0, 0.1) is 0 Å². The minimum atomic E-state index is 0.0229. The molecule has 0 bridgehead atoms. The summed E-state index contributed by atoms with van der Waals surface area (Å²) in [5.74, 6) is 0.928. The SMILES string of the molecule is C=C/C=C1/C=CN(C(C)(C)C)/C1=N/C=C. The molecule has 1 aliphatic rings. The van der Waals surface area contributed by atoms with Crippen LogP contribution < -0.4 is 0 Å².